The van der Waals surface area contributed by atoms with Gasteiger partial charge in [0, 0.05) is 39.3 Å². The van der Waals surface area contributed by atoms with E-state index in [0.717, 1.165) is 18.6 Å². The van der Waals surface area contributed by atoms with Crippen LogP contribution in [0, 0.1) is 0 Å². The molecule has 0 aliphatic carbocycles. The molecule has 0 N–H and O–H groups in total. The summed E-state index contributed by atoms with van der Waals surface area (Å²) in [6.07, 6.45) is 3.15. The lowest BCUT2D eigenvalue weighted by molar-refractivity contribution is 0.125. The predicted octanol–water partition coefficient (Wildman–Crippen LogP) is 3.24. The topological polar surface area (TPSA) is 24.3 Å². The van der Waals surface area contributed by atoms with E-state index in [1.54, 1.807) is 0 Å². The van der Waals surface area contributed by atoms with E-state index in [1.165, 1.54) is 50.2 Å². The summed E-state index contributed by atoms with van der Waals surface area (Å²) < 4.78 is 2.28. The van der Waals surface area contributed by atoms with Gasteiger partial charge in [-0.3, -0.25) is 4.90 Å². The van der Waals surface area contributed by atoms with E-state index in [-0.39, 0.29) is 0 Å². The van der Waals surface area contributed by atoms with Gasteiger partial charge in [0.05, 0.1) is 17.4 Å². The maximum Gasteiger partial charge on any atom is 0.0958 e. The smallest absolute Gasteiger partial charge is 0.0958 e. The van der Waals surface area contributed by atoms with Crippen LogP contribution in [0.4, 0.5) is 0 Å². The minimum absolute atomic E-state index is 1.05. The van der Waals surface area contributed by atoms with E-state index < -0.39 is 0 Å². The molecule has 4 rings (SSSR count). The first kappa shape index (κ1) is 16.3. The summed E-state index contributed by atoms with van der Waals surface area (Å²) in [4.78, 5) is 9.64. The highest BCUT2D eigenvalue weighted by molar-refractivity contribution is 5.74. The number of para-hydroxylation sites is 2. The van der Waals surface area contributed by atoms with Crippen molar-refractivity contribution in [3.05, 3.63) is 66.5 Å². The third-order valence-electron chi connectivity index (χ3n) is 5.11. The maximum absolute atomic E-state index is 4.48. The van der Waals surface area contributed by atoms with Crippen LogP contribution in [0.5, 0.6) is 0 Å². The van der Waals surface area contributed by atoms with Gasteiger partial charge in [-0.1, -0.05) is 42.5 Å². The fraction of sp³-hybridized carbons (Fsp3) is 0.381. The van der Waals surface area contributed by atoms with Crippen molar-refractivity contribution >= 4 is 11.0 Å². The van der Waals surface area contributed by atoms with Crippen LogP contribution < -0.4 is 0 Å². The van der Waals surface area contributed by atoms with E-state index in [9.17, 15) is 0 Å². The molecule has 0 atom stereocenters. The van der Waals surface area contributed by atoms with Gasteiger partial charge in [-0.15, -0.1) is 0 Å². The Morgan fingerprint density at radius 1 is 0.760 bits per heavy atom. The first-order chi connectivity index (χ1) is 12.4. The van der Waals surface area contributed by atoms with Gasteiger partial charge < -0.3 is 9.47 Å². The molecule has 0 unspecified atom stereocenters. The normalized spacial score (nSPS) is 16.5. The number of imidazole rings is 1. The first-order valence-corrected chi connectivity index (χ1v) is 9.27. The second kappa shape index (κ2) is 7.81. The molecule has 0 bridgehead atoms. The van der Waals surface area contributed by atoms with Crippen LogP contribution in [0.2, 0.25) is 0 Å². The van der Waals surface area contributed by atoms with Crippen LogP contribution in [0.15, 0.2) is 60.9 Å². The number of fused-ring (bicyclic) bond motifs is 1. The van der Waals surface area contributed by atoms with Gasteiger partial charge in [0.1, 0.15) is 0 Å². The van der Waals surface area contributed by atoms with Crippen molar-refractivity contribution in [2.24, 2.45) is 0 Å². The zero-order chi connectivity index (χ0) is 16.9. The molecule has 1 aliphatic heterocycles. The van der Waals surface area contributed by atoms with Gasteiger partial charge in [-0.2, -0.15) is 0 Å². The average molecular weight is 334 g/mol. The molecule has 1 saturated heterocycles. The Labute approximate surface area is 149 Å². The molecule has 1 fully saturated rings. The molecule has 130 valence electrons. The highest BCUT2D eigenvalue weighted by atomic mass is 15.3. The molecule has 25 heavy (non-hydrogen) atoms. The number of piperazine rings is 1. The van der Waals surface area contributed by atoms with Crippen LogP contribution in [0.25, 0.3) is 11.0 Å². The Kier molecular flexibility index (Phi) is 5.09. The Balaban J connectivity index is 1.21. The highest BCUT2D eigenvalue weighted by Crippen LogP contribution is 2.13. The van der Waals surface area contributed by atoms with Crippen molar-refractivity contribution in [2.45, 2.75) is 19.5 Å². The van der Waals surface area contributed by atoms with Crippen molar-refractivity contribution in [1.29, 1.82) is 0 Å². The Morgan fingerprint density at radius 3 is 2.32 bits per heavy atom. The molecule has 4 heteroatoms. The summed E-state index contributed by atoms with van der Waals surface area (Å²) in [5.74, 6) is 0. The zero-order valence-corrected chi connectivity index (χ0v) is 14.7. The second-order valence-corrected chi connectivity index (χ2v) is 6.88. The van der Waals surface area contributed by atoms with Crippen molar-refractivity contribution in [1.82, 2.24) is 19.4 Å². The van der Waals surface area contributed by atoms with Crippen LogP contribution in [0.3, 0.4) is 0 Å². The predicted molar refractivity (Wildman–Crippen MR) is 103 cm³/mol. The van der Waals surface area contributed by atoms with Gasteiger partial charge in [0.15, 0.2) is 0 Å². The molecule has 1 aliphatic rings. The number of hydrogen-bond donors (Lipinski definition) is 0. The van der Waals surface area contributed by atoms with Gasteiger partial charge in [0.2, 0.25) is 0 Å². The monoisotopic (exact) mass is 334 g/mol. The molecule has 0 saturated carbocycles. The fourth-order valence-corrected chi connectivity index (χ4v) is 3.67. The van der Waals surface area contributed by atoms with Crippen molar-refractivity contribution in [3.8, 4) is 0 Å². The van der Waals surface area contributed by atoms with E-state index in [4.69, 9.17) is 0 Å². The van der Waals surface area contributed by atoms with Crippen LogP contribution in [-0.4, -0.2) is 52.1 Å². The fourth-order valence-electron chi connectivity index (χ4n) is 3.67. The van der Waals surface area contributed by atoms with Crippen molar-refractivity contribution in [2.75, 3.05) is 32.7 Å². The zero-order valence-electron chi connectivity index (χ0n) is 14.7. The molecule has 1 aromatic heterocycles. The second-order valence-electron chi connectivity index (χ2n) is 6.88. The first-order valence-electron chi connectivity index (χ1n) is 9.27. The number of benzene rings is 2. The quantitative estimate of drug-likeness (QED) is 0.692. The van der Waals surface area contributed by atoms with Crippen LogP contribution in [-0.2, 0) is 13.1 Å². The lowest BCUT2D eigenvalue weighted by Gasteiger charge is -2.34. The third-order valence-corrected chi connectivity index (χ3v) is 5.11. The van der Waals surface area contributed by atoms with Gasteiger partial charge in [-0.25, -0.2) is 4.98 Å². The largest absolute Gasteiger partial charge is 0.331 e. The van der Waals surface area contributed by atoms with Gasteiger partial charge in [-0.05, 0) is 30.7 Å². The lowest BCUT2D eigenvalue weighted by atomic mass is 10.2. The summed E-state index contributed by atoms with van der Waals surface area (Å²) in [7, 11) is 0. The van der Waals surface area contributed by atoms with E-state index in [0.29, 0.717) is 0 Å². The summed E-state index contributed by atoms with van der Waals surface area (Å²) in [6, 6.07) is 19.2. The van der Waals surface area contributed by atoms with Gasteiger partial charge in [0.25, 0.3) is 0 Å². The van der Waals surface area contributed by atoms with Crippen molar-refractivity contribution in [3.63, 3.8) is 0 Å². The minimum atomic E-state index is 1.05. The molecular weight excluding hydrogens is 308 g/mol. The minimum Gasteiger partial charge on any atom is -0.331 e. The molecule has 3 aromatic rings. The van der Waals surface area contributed by atoms with Crippen LogP contribution >= 0.6 is 0 Å². The molecule has 0 spiro atoms. The molecule has 0 amide bonds. The number of nitrogens with zero attached hydrogens (tertiary/aromatic N) is 4. The average Bonchev–Trinajstić information content (AvgIpc) is 3.07. The molecule has 2 aromatic carbocycles. The number of rotatable bonds is 6. The Bertz CT molecular complexity index is 788. The Morgan fingerprint density at radius 2 is 1.48 bits per heavy atom. The molecular formula is C21H26N4. The number of aromatic nitrogens is 2. The summed E-state index contributed by atoms with van der Waals surface area (Å²) >= 11 is 0. The van der Waals surface area contributed by atoms with E-state index in [1.807, 2.05) is 6.33 Å². The lowest BCUT2D eigenvalue weighted by Crippen LogP contribution is -2.46. The third kappa shape index (κ3) is 4.09. The molecule has 2 heterocycles. The molecule has 4 nitrogen and oxygen atoms in total. The van der Waals surface area contributed by atoms with E-state index >= 15 is 0 Å². The highest BCUT2D eigenvalue weighted by Gasteiger charge is 2.16. The molecule has 0 radical (unpaired) electrons. The summed E-state index contributed by atoms with van der Waals surface area (Å²) in [5.41, 5.74) is 3.76. The van der Waals surface area contributed by atoms with Crippen LogP contribution in [0.1, 0.15) is 12.0 Å². The summed E-state index contributed by atoms with van der Waals surface area (Å²) in [6.45, 7) is 7.99. The van der Waals surface area contributed by atoms with Crippen molar-refractivity contribution < 1.29 is 0 Å². The van der Waals surface area contributed by atoms with Gasteiger partial charge >= 0.3 is 0 Å². The Hall–Kier alpha value is -2.17. The van der Waals surface area contributed by atoms with E-state index in [2.05, 4.69) is 73.9 Å². The maximum atomic E-state index is 4.48. The summed E-state index contributed by atoms with van der Waals surface area (Å²) in [5, 5.41) is 0. The SMILES string of the molecule is c1ccc(CN2CCN(CCCn3cnc4ccccc43)CC2)cc1. The standard InChI is InChI=1S/C21H26N4/c1-2-7-19(8-3-1)17-24-15-13-23(14-16-24)11-6-12-25-18-22-20-9-4-5-10-21(20)25/h1-5,7-10,18H,6,11-17H2. The number of hydrogen-bond acceptors (Lipinski definition) is 3. The number of aryl methyl sites for hydroxylation is 1.